The van der Waals surface area contributed by atoms with Crippen LogP contribution in [0.2, 0.25) is 0 Å². The third-order valence-electron chi connectivity index (χ3n) is 5.74. The molecule has 0 saturated carbocycles. The summed E-state index contributed by atoms with van der Waals surface area (Å²) in [4.78, 5) is 48.9. The van der Waals surface area contributed by atoms with E-state index in [0.29, 0.717) is 18.4 Å². The number of hydrogen-bond donors (Lipinski definition) is 2. The minimum Gasteiger partial charge on any atom is -0.480 e. The summed E-state index contributed by atoms with van der Waals surface area (Å²) in [5, 5.41) is 9.93. The number of rotatable bonds is 13. The molecule has 0 fully saturated rings. The molecule has 1 aromatic carbocycles. The van der Waals surface area contributed by atoms with Crippen molar-refractivity contribution in [1.82, 2.24) is 0 Å². The van der Waals surface area contributed by atoms with Crippen molar-refractivity contribution in [3.63, 3.8) is 0 Å². The second-order valence-corrected chi connectivity index (χ2v) is 11.0. The van der Waals surface area contributed by atoms with Gasteiger partial charge in [0.25, 0.3) is 0 Å². The Labute approximate surface area is 230 Å². The number of carboxylic acid groups (broad SMARTS) is 1. The number of benzene rings is 1. The fourth-order valence-corrected chi connectivity index (χ4v) is 3.40. The standard InChI is InChI=1S/C28H43NO10/c1-9-17(3)36-25(33)38-21-12-11-20(13-22(21)39-26(34)37-18(4)10-2)15-28(29,24(31)32)14-19(5)35-23(30)16-27(6,7)8/h11-13,17-19H,9-10,14-16,29H2,1-8H3,(H,31,32)/t17?,18?,19-,28?/m0/s1. The largest absolute Gasteiger partial charge is 0.514 e. The number of carbonyl (C=O) groups is 4. The molecule has 3 unspecified atom stereocenters. The van der Waals surface area contributed by atoms with Gasteiger partial charge < -0.3 is 34.5 Å². The van der Waals surface area contributed by atoms with Gasteiger partial charge in [0.05, 0.1) is 6.42 Å². The van der Waals surface area contributed by atoms with Gasteiger partial charge in [-0.25, -0.2) is 9.59 Å². The van der Waals surface area contributed by atoms with Crippen molar-refractivity contribution in [2.75, 3.05) is 0 Å². The molecule has 3 N–H and O–H groups in total. The van der Waals surface area contributed by atoms with Crippen LogP contribution in [0.4, 0.5) is 9.59 Å². The van der Waals surface area contributed by atoms with Gasteiger partial charge in [0.2, 0.25) is 0 Å². The lowest BCUT2D eigenvalue weighted by Crippen LogP contribution is -2.52. The number of aliphatic carboxylic acids is 1. The van der Waals surface area contributed by atoms with Crippen molar-refractivity contribution in [3.8, 4) is 11.5 Å². The van der Waals surface area contributed by atoms with Crippen LogP contribution in [0.1, 0.15) is 86.6 Å². The summed E-state index contributed by atoms with van der Waals surface area (Å²) >= 11 is 0. The van der Waals surface area contributed by atoms with E-state index in [1.807, 2.05) is 34.6 Å². The molecule has 1 rings (SSSR count). The van der Waals surface area contributed by atoms with Crippen LogP contribution >= 0.6 is 0 Å². The molecule has 0 aliphatic rings. The van der Waals surface area contributed by atoms with Crippen molar-refractivity contribution in [1.29, 1.82) is 0 Å². The Hall–Kier alpha value is -3.34. The number of nitrogens with two attached hydrogens (primary N) is 1. The van der Waals surface area contributed by atoms with Crippen LogP contribution in [-0.2, 0) is 30.2 Å². The lowest BCUT2D eigenvalue weighted by Gasteiger charge is -2.28. The quantitative estimate of drug-likeness (QED) is 0.183. The minimum atomic E-state index is -1.83. The average molecular weight is 554 g/mol. The Bertz CT molecular complexity index is 1000. The predicted molar refractivity (Wildman–Crippen MR) is 143 cm³/mol. The van der Waals surface area contributed by atoms with Gasteiger partial charge in [-0.2, -0.15) is 0 Å². The molecule has 0 bridgehead atoms. The van der Waals surface area contributed by atoms with Gasteiger partial charge >= 0.3 is 24.2 Å². The number of carboxylic acids is 1. The van der Waals surface area contributed by atoms with Crippen LogP contribution in [0.15, 0.2) is 18.2 Å². The fourth-order valence-electron chi connectivity index (χ4n) is 3.40. The zero-order valence-electron chi connectivity index (χ0n) is 24.2. The van der Waals surface area contributed by atoms with Gasteiger partial charge in [-0.15, -0.1) is 0 Å². The molecule has 0 aromatic heterocycles. The van der Waals surface area contributed by atoms with E-state index >= 15 is 0 Å². The van der Waals surface area contributed by atoms with E-state index in [4.69, 9.17) is 29.4 Å². The molecule has 39 heavy (non-hydrogen) atoms. The monoisotopic (exact) mass is 553 g/mol. The molecule has 11 heteroatoms. The summed E-state index contributed by atoms with van der Waals surface area (Å²) in [6.07, 6.45) is -2.74. The van der Waals surface area contributed by atoms with Crippen LogP contribution in [0.3, 0.4) is 0 Å². The van der Waals surface area contributed by atoms with E-state index in [0.717, 1.165) is 0 Å². The molecule has 0 aliphatic heterocycles. The first kappa shape index (κ1) is 33.7. The first-order valence-corrected chi connectivity index (χ1v) is 13.1. The van der Waals surface area contributed by atoms with Crippen molar-refractivity contribution < 1.29 is 48.0 Å². The Morgan fingerprint density at radius 1 is 0.846 bits per heavy atom. The highest BCUT2D eigenvalue weighted by Crippen LogP contribution is 2.32. The Kier molecular flexibility index (Phi) is 12.7. The van der Waals surface area contributed by atoms with E-state index < -0.39 is 48.1 Å². The minimum absolute atomic E-state index is 0.129. The van der Waals surface area contributed by atoms with E-state index in [1.54, 1.807) is 20.8 Å². The molecule has 0 heterocycles. The Morgan fingerprint density at radius 2 is 1.36 bits per heavy atom. The number of esters is 1. The Balaban J connectivity index is 3.20. The van der Waals surface area contributed by atoms with Crippen LogP contribution in [-0.4, -0.2) is 53.2 Å². The fraction of sp³-hybridized carbons (Fsp3) is 0.643. The van der Waals surface area contributed by atoms with E-state index in [1.165, 1.54) is 18.2 Å². The van der Waals surface area contributed by atoms with Crippen LogP contribution < -0.4 is 15.2 Å². The molecule has 0 aliphatic carbocycles. The molecule has 0 spiro atoms. The highest BCUT2D eigenvalue weighted by molar-refractivity contribution is 5.79. The van der Waals surface area contributed by atoms with Gasteiger partial charge in [0.1, 0.15) is 23.9 Å². The maximum Gasteiger partial charge on any atom is 0.514 e. The Morgan fingerprint density at radius 3 is 1.82 bits per heavy atom. The normalized spacial score (nSPS) is 15.2. The van der Waals surface area contributed by atoms with E-state index in [-0.39, 0.29) is 36.2 Å². The molecule has 0 radical (unpaired) electrons. The first-order chi connectivity index (χ1) is 18.0. The summed E-state index contributed by atoms with van der Waals surface area (Å²) in [5.41, 5.74) is 4.52. The van der Waals surface area contributed by atoms with Gasteiger partial charge in [0, 0.05) is 12.8 Å². The van der Waals surface area contributed by atoms with Crippen molar-refractivity contribution in [2.45, 2.75) is 111 Å². The lowest BCUT2D eigenvalue weighted by atomic mass is 9.86. The summed E-state index contributed by atoms with van der Waals surface area (Å²) in [6, 6.07) is 4.16. The topological polar surface area (TPSA) is 161 Å². The highest BCUT2D eigenvalue weighted by Gasteiger charge is 2.37. The van der Waals surface area contributed by atoms with Crippen molar-refractivity contribution >= 4 is 24.2 Å². The third-order valence-corrected chi connectivity index (χ3v) is 5.74. The maximum absolute atomic E-state index is 12.3. The van der Waals surface area contributed by atoms with Gasteiger partial charge in [-0.1, -0.05) is 40.7 Å². The molecule has 11 nitrogen and oxygen atoms in total. The average Bonchev–Trinajstić information content (AvgIpc) is 2.78. The predicted octanol–water partition coefficient (Wildman–Crippen LogP) is 5.40. The smallest absolute Gasteiger partial charge is 0.480 e. The van der Waals surface area contributed by atoms with Crippen molar-refractivity contribution in [2.24, 2.45) is 11.1 Å². The number of carbonyl (C=O) groups excluding carboxylic acids is 3. The molecule has 1 aromatic rings. The lowest BCUT2D eigenvalue weighted by molar-refractivity contribution is -0.154. The molecule has 0 amide bonds. The molecular weight excluding hydrogens is 510 g/mol. The van der Waals surface area contributed by atoms with Gasteiger partial charge in [-0.3, -0.25) is 9.59 Å². The maximum atomic E-state index is 12.3. The number of hydrogen-bond acceptors (Lipinski definition) is 10. The second-order valence-electron chi connectivity index (χ2n) is 11.0. The summed E-state index contributed by atoms with van der Waals surface area (Å²) in [6.45, 7) is 14.3. The zero-order chi connectivity index (χ0) is 30.0. The van der Waals surface area contributed by atoms with Gasteiger partial charge in [0.15, 0.2) is 11.5 Å². The van der Waals surface area contributed by atoms with Crippen LogP contribution in [0.25, 0.3) is 0 Å². The first-order valence-electron chi connectivity index (χ1n) is 13.1. The summed E-state index contributed by atoms with van der Waals surface area (Å²) in [5.74, 6) is -2.07. The molecule has 4 atom stereocenters. The van der Waals surface area contributed by atoms with Crippen LogP contribution in [0, 0.1) is 5.41 Å². The van der Waals surface area contributed by atoms with E-state index in [9.17, 15) is 24.3 Å². The summed E-state index contributed by atoms with van der Waals surface area (Å²) < 4.78 is 26.2. The summed E-state index contributed by atoms with van der Waals surface area (Å²) in [7, 11) is 0. The second kappa shape index (κ2) is 14.7. The molecule has 220 valence electrons. The third kappa shape index (κ3) is 12.4. The van der Waals surface area contributed by atoms with E-state index in [2.05, 4.69) is 0 Å². The zero-order valence-corrected chi connectivity index (χ0v) is 24.2. The van der Waals surface area contributed by atoms with Gasteiger partial charge in [-0.05, 0) is 56.7 Å². The molecular formula is C28H43NO10. The highest BCUT2D eigenvalue weighted by atomic mass is 16.7. The molecule has 0 saturated heterocycles. The SMILES string of the molecule is CCC(C)OC(=O)Oc1ccc(CC(N)(C[C@H](C)OC(=O)CC(C)(C)C)C(=O)O)cc1OC(=O)OC(C)CC. The van der Waals surface area contributed by atoms with Crippen LogP contribution in [0.5, 0.6) is 11.5 Å². The number of ether oxygens (including phenoxy) is 5. The van der Waals surface area contributed by atoms with Crippen molar-refractivity contribution in [3.05, 3.63) is 23.8 Å².